The van der Waals surface area contributed by atoms with Crippen molar-refractivity contribution in [3.05, 3.63) is 0 Å². The molecule has 100 valence electrons. The van der Waals surface area contributed by atoms with Crippen LogP contribution in [0.1, 0.15) is 19.8 Å². The minimum Gasteiger partial charge on any atom is -0.465 e. The van der Waals surface area contributed by atoms with E-state index in [1.165, 1.54) is 0 Å². The Balaban J connectivity index is 1.84. The normalized spacial score (nSPS) is 44.6. The fourth-order valence-electron chi connectivity index (χ4n) is 3.86. The number of hydrogen-bond acceptors (Lipinski definition) is 2. The summed E-state index contributed by atoms with van der Waals surface area (Å²) in [4.78, 5) is 14.3. The van der Waals surface area contributed by atoms with Crippen LogP contribution in [0.25, 0.3) is 0 Å². The zero-order valence-electron chi connectivity index (χ0n) is 9.71. The molecule has 2 N–H and O–H groups in total. The minimum absolute atomic E-state index is 0.00711. The molecule has 3 aliphatic rings. The molecular weight excluding hydrogens is 249 g/mol. The standard InChI is InChI=1S/C11H13F3N2O2/c1-9-3-2-5(11(12,13)14)16-10(4-15-8(17)18)6(9)7(9)10/h6-7,15H,2-4H2,1H3,(H,17,18). The van der Waals surface area contributed by atoms with Gasteiger partial charge >= 0.3 is 12.3 Å². The smallest absolute Gasteiger partial charge is 0.429 e. The second kappa shape index (κ2) is 3.00. The lowest BCUT2D eigenvalue weighted by atomic mass is 9.83. The summed E-state index contributed by atoms with van der Waals surface area (Å²) in [7, 11) is 0. The van der Waals surface area contributed by atoms with Crippen LogP contribution in [0.3, 0.4) is 0 Å². The molecule has 0 spiro atoms. The van der Waals surface area contributed by atoms with Crippen molar-refractivity contribution in [1.29, 1.82) is 0 Å². The fourth-order valence-corrected chi connectivity index (χ4v) is 3.86. The van der Waals surface area contributed by atoms with Crippen molar-refractivity contribution in [2.45, 2.75) is 31.5 Å². The van der Waals surface area contributed by atoms with Crippen LogP contribution in [0.5, 0.6) is 0 Å². The molecule has 4 nitrogen and oxygen atoms in total. The Morgan fingerprint density at radius 3 is 2.67 bits per heavy atom. The van der Waals surface area contributed by atoms with Crippen LogP contribution in [0.15, 0.2) is 4.99 Å². The van der Waals surface area contributed by atoms with E-state index in [2.05, 4.69) is 10.3 Å². The van der Waals surface area contributed by atoms with Gasteiger partial charge in [0.15, 0.2) is 0 Å². The SMILES string of the molecule is CC12CCC(C(F)(F)F)=NC3(CNC(=O)O)C1C23. The molecule has 1 amide bonds. The largest absolute Gasteiger partial charge is 0.465 e. The Morgan fingerprint density at radius 1 is 1.56 bits per heavy atom. The number of amides is 1. The van der Waals surface area contributed by atoms with Gasteiger partial charge in [0.25, 0.3) is 0 Å². The monoisotopic (exact) mass is 262 g/mol. The van der Waals surface area contributed by atoms with Gasteiger partial charge in [-0.15, -0.1) is 0 Å². The lowest BCUT2D eigenvalue weighted by Gasteiger charge is -2.27. The van der Waals surface area contributed by atoms with Crippen LogP contribution in [0, 0.1) is 17.3 Å². The second-order valence-electron chi connectivity index (χ2n) is 5.67. The molecule has 0 bridgehead atoms. The highest BCUT2D eigenvalue weighted by atomic mass is 19.4. The first-order chi connectivity index (χ1) is 8.22. The van der Waals surface area contributed by atoms with Crippen LogP contribution < -0.4 is 5.32 Å². The number of nitrogens with zero attached hydrogens (tertiary/aromatic N) is 1. The van der Waals surface area contributed by atoms with Crippen LogP contribution in [0.4, 0.5) is 18.0 Å². The van der Waals surface area contributed by atoms with Crippen molar-refractivity contribution in [1.82, 2.24) is 5.32 Å². The van der Waals surface area contributed by atoms with Crippen LogP contribution in [-0.2, 0) is 0 Å². The number of nitrogens with one attached hydrogen (secondary N) is 1. The van der Waals surface area contributed by atoms with E-state index >= 15 is 0 Å². The van der Waals surface area contributed by atoms with Gasteiger partial charge < -0.3 is 10.4 Å². The third kappa shape index (κ3) is 1.33. The van der Waals surface area contributed by atoms with Crippen LogP contribution in [-0.4, -0.2) is 35.2 Å². The first-order valence-corrected chi connectivity index (χ1v) is 5.84. The lowest BCUT2D eigenvalue weighted by Crippen LogP contribution is -2.40. The number of rotatable bonds is 2. The Kier molecular flexibility index (Phi) is 1.97. The molecule has 0 aromatic heterocycles. The van der Waals surface area contributed by atoms with Gasteiger partial charge in [-0.25, -0.2) is 4.79 Å². The summed E-state index contributed by atoms with van der Waals surface area (Å²) >= 11 is 0. The van der Waals surface area contributed by atoms with Gasteiger partial charge in [0.2, 0.25) is 0 Å². The average Bonchev–Trinajstić information content (AvgIpc) is 3.05. The van der Waals surface area contributed by atoms with E-state index in [-0.39, 0.29) is 30.2 Å². The first kappa shape index (κ1) is 11.8. The number of alkyl halides is 3. The molecule has 2 fully saturated rings. The molecule has 0 aromatic carbocycles. The quantitative estimate of drug-likeness (QED) is 0.800. The highest BCUT2D eigenvalue weighted by Crippen LogP contribution is 2.87. The fraction of sp³-hybridized carbons (Fsp3) is 0.818. The molecule has 2 atom stereocenters. The topological polar surface area (TPSA) is 61.7 Å². The van der Waals surface area contributed by atoms with Gasteiger partial charge in [-0.3, -0.25) is 4.99 Å². The summed E-state index contributed by atoms with van der Waals surface area (Å²) in [6.45, 7) is 1.96. The summed E-state index contributed by atoms with van der Waals surface area (Å²) < 4.78 is 38.2. The Labute approximate surface area is 101 Å². The molecule has 2 saturated carbocycles. The Hall–Kier alpha value is -1.27. The highest BCUT2D eigenvalue weighted by molar-refractivity contribution is 5.91. The molecular formula is C11H13F3N2O2. The zero-order chi connectivity index (χ0) is 13.3. The van der Waals surface area contributed by atoms with Gasteiger partial charge in [0.1, 0.15) is 5.71 Å². The minimum atomic E-state index is -4.40. The molecule has 0 radical (unpaired) electrons. The average molecular weight is 262 g/mol. The number of hydrogen-bond donors (Lipinski definition) is 2. The molecule has 2 unspecified atom stereocenters. The molecule has 18 heavy (non-hydrogen) atoms. The van der Waals surface area contributed by atoms with Gasteiger partial charge in [-0.1, -0.05) is 6.92 Å². The zero-order valence-corrected chi connectivity index (χ0v) is 9.71. The van der Waals surface area contributed by atoms with E-state index in [0.29, 0.717) is 6.42 Å². The molecule has 0 aromatic rings. The summed E-state index contributed by atoms with van der Waals surface area (Å²) in [5, 5.41) is 10.7. The second-order valence-corrected chi connectivity index (χ2v) is 5.67. The molecule has 0 saturated heterocycles. The predicted octanol–water partition coefficient (Wildman–Crippen LogP) is 2.06. The van der Waals surface area contributed by atoms with Crippen molar-refractivity contribution >= 4 is 11.8 Å². The van der Waals surface area contributed by atoms with Gasteiger partial charge in [-0.05, 0) is 30.1 Å². The number of carbonyl (C=O) groups is 1. The van der Waals surface area contributed by atoms with Crippen LogP contribution in [0.2, 0.25) is 0 Å². The highest BCUT2D eigenvalue weighted by Gasteiger charge is 2.90. The maximum atomic E-state index is 12.7. The summed E-state index contributed by atoms with van der Waals surface area (Å²) in [5.74, 6) is 0.244. The van der Waals surface area contributed by atoms with E-state index in [4.69, 9.17) is 5.11 Å². The van der Waals surface area contributed by atoms with E-state index in [0.717, 1.165) is 0 Å². The Bertz CT molecular complexity index is 448. The Morgan fingerprint density at radius 2 is 2.17 bits per heavy atom. The van der Waals surface area contributed by atoms with Gasteiger partial charge in [0, 0.05) is 6.54 Å². The molecule has 2 aliphatic carbocycles. The third-order valence-electron chi connectivity index (χ3n) is 4.71. The van der Waals surface area contributed by atoms with Crippen LogP contribution >= 0.6 is 0 Å². The summed E-state index contributed by atoms with van der Waals surface area (Å²) in [5.41, 5.74) is -1.60. The summed E-state index contributed by atoms with van der Waals surface area (Å²) in [6, 6.07) is 0. The maximum absolute atomic E-state index is 12.7. The molecule has 1 heterocycles. The number of fused-ring (bicyclic) bond motifs is 2. The number of halogens is 3. The van der Waals surface area contributed by atoms with Gasteiger partial charge in [0.05, 0.1) is 5.54 Å². The number of carboxylic acid groups (broad SMARTS) is 1. The van der Waals surface area contributed by atoms with Crippen molar-refractivity contribution in [3.8, 4) is 0 Å². The number of aliphatic imine (C=N–C) groups is 1. The third-order valence-corrected chi connectivity index (χ3v) is 4.71. The van der Waals surface area contributed by atoms with E-state index in [1.54, 1.807) is 0 Å². The first-order valence-electron chi connectivity index (χ1n) is 5.84. The van der Waals surface area contributed by atoms with E-state index in [9.17, 15) is 18.0 Å². The molecule has 3 rings (SSSR count). The van der Waals surface area contributed by atoms with Crippen molar-refractivity contribution in [2.24, 2.45) is 22.2 Å². The van der Waals surface area contributed by atoms with Crippen molar-refractivity contribution < 1.29 is 23.1 Å². The van der Waals surface area contributed by atoms with Crippen molar-refractivity contribution in [2.75, 3.05) is 6.54 Å². The predicted molar refractivity (Wildman–Crippen MR) is 56.6 cm³/mol. The lowest BCUT2D eigenvalue weighted by molar-refractivity contribution is -0.0608. The van der Waals surface area contributed by atoms with Gasteiger partial charge in [-0.2, -0.15) is 13.2 Å². The molecule has 1 aliphatic heterocycles. The maximum Gasteiger partial charge on any atom is 0.429 e. The molecule has 7 heteroatoms. The van der Waals surface area contributed by atoms with E-state index < -0.39 is 23.5 Å². The van der Waals surface area contributed by atoms with E-state index in [1.807, 2.05) is 6.92 Å². The summed E-state index contributed by atoms with van der Waals surface area (Å²) in [6.07, 6.45) is -5.17. The van der Waals surface area contributed by atoms with Crippen molar-refractivity contribution in [3.63, 3.8) is 0 Å².